The molecule has 6 heteroatoms. The molecule has 5 rings (SSSR count). The van der Waals surface area contributed by atoms with Gasteiger partial charge in [-0.15, -0.1) is 0 Å². The summed E-state index contributed by atoms with van der Waals surface area (Å²) in [4.78, 5) is 7.70. The van der Waals surface area contributed by atoms with Gasteiger partial charge in [0.25, 0.3) is 0 Å². The molecule has 1 spiro atoms. The van der Waals surface area contributed by atoms with Crippen LogP contribution in [0.2, 0.25) is 5.02 Å². The van der Waals surface area contributed by atoms with Crippen molar-refractivity contribution in [3.05, 3.63) is 34.7 Å². The van der Waals surface area contributed by atoms with Crippen molar-refractivity contribution in [1.82, 2.24) is 25.1 Å². The number of hydrogen-bond acceptors (Lipinski definition) is 3. The zero-order valence-corrected chi connectivity index (χ0v) is 13.7. The molecule has 1 saturated heterocycles. The summed E-state index contributed by atoms with van der Waals surface area (Å²) in [5, 5.41) is 10.2. The third-order valence-corrected chi connectivity index (χ3v) is 5.81. The fourth-order valence-electron chi connectivity index (χ4n) is 4.15. The van der Waals surface area contributed by atoms with Crippen LogP contribution >= 0.6 is 11.6 Å². The molecule has 5 nitrogen and oxygen atoms in total. The highest BCUT2D eigenvalue weighted by atomic mass is 35.5. The van der Waals surface area contributed by atoms with E-state index in [0.29, 0.717) is 0 Å². The van der Waals surface area contributed by atoms with Crippen LogP contribution in [0, 0.1) is 6.92 Å². The van der Waals surface area contributed by atoms with Gasteiger partial charge < -0.3 is 10.3 Å². The Balaban J connectivity index is 1.68. The minimum Gasteiger partial charge on any atom is -0.346 e. The van der Waals surface area contributed by atoms with Gasteiger partial charge in [-0.05, 0) is 37.9 Å². The third-order valence-electron chi connectivity index (χ3n) is 5.45. The highest BCUT2D eigenvalue weighted by molar-refractivity contribution is 6.34. The molecule has 3 aromatic heterocycles. The molecule has 2 aliphatic heterocycles. The van der Waals surface area contributed by atoms with Crippen LogP contribution in [0.1, 0.15) is 24.1 Å². The first-order valence-electron chi connectivity index (χ1n) is 8.10. The number of H-pyrrole nitrogens is 1. The molecule has 2 aliphatic rings. The van der Waals surface area contributed by atoms with Gasteiger partial charge in [-0.2, -0.15) is 5.10 Å². The number of halogens is 1. The van der Waals surface area contributed by atoms with Gasteiger partial charge >= 0.3 is 0 Å². The first kappa shape index (κ1) is 13.6. The Kier molecular flexibility index (Phi) is 2.71. The molecule has 2 N–H and O–H groups in total. The van der Waals surface area contributed by atoms with Crippen LogP contribution in [-0.2, 0) is 12.0 Å². The van der Waals surface area contributed by atoms with Gasteiger partial charge in [0.15, 0.2) is 0 Å². The van der Waals surface area contributed by atoms with E-state index in [1.165, 1.54) is 11.3 Å². The van der Waals surface area contributed by atoms with E-state index in [4.69, 9.17) is 16.7 Å². The van der Waals surface area contributed by atoms with E-state index in [-0.39, 0.29) is 5.41 Å². The standard InChI is InChI=1S/C17H18ClN5/c1-10-7-20-16-12(10)6-11(8-21-16)14-13(18)15-17(2-4-19-9-17)3-5-23(15)22-14/h6-8,19H,2-5,9H2,1H3,(H,20,21). The Morgan fingerprint density at radius 2 is 2.26 bits per heavy atom. The number of pyridine rings is 1. The molecule has 118 valence electrons. The lowest BCUT2D eigenvalue weighted by Crippen LogP contribution is -2.26. The number of nitrogens with zero attached hydrogens (tertiary/aromatic N) is 3. The average Bonchev–Trinajstić information content (AvgIpc) is 3.30. The van der Waals surface area contributed by atoms with E-state index in [0.717, 1.165) is 59.8 Å². The van der Waals surface area contributed by atoms with E-state index < -0.39 is 0 Å². The van der Waals surface area contributed by atoms with Crippen LogP contribution in [0.15, 0.2) is 18.5 Å². The smallest absolute Gasteiger partial charge is 0.137 e. The first-order chi connectivity index (χ1) is 11.2. The SMILES string of the molecule is Cc1c[nH]c2ncc(-c3nn4c(c3Cl)C3(CCNC3)CC4)cc12. The van der Waals surface area contributed by atoms with Crippen LogP contribution in [0.3, 0.4) is 0 Å². The summed E-state index contributed by atoms with van der Waals surface area (Å²) >= 11 is 6.79. The van der Waals surface area contributed by atoms with Crippen molar-refractivity contribution in [2.45, 2.75) is 31.7 Å². The zero-order valence-electron chi connectivity index (χ0n) is 13.0. The largest absolute Gasteiger partial charge is 0.346 e. The summed E-state index contributed by atoms with van der Waals surface area (Å²) < 4.78 is 2.11. The minimum absolute atomic E-state index is 0.171. The molecule has 1 fully saturated rings. The molecule has 0 amide bonds. The molecule has 0 aromatic carbocycles. The Morgan fingerprint density at radius 3 is 3.09 bits per heavy atom. The molecule has 1 atom stereocenters. The van der Waals surface area contributed by atoms with Gasteiger partial charge in [0.1, 0.15) is 11.3 Å². The molecule has 0 aliphatic carbocycles. The van der Waals surface area contributed by atoms with Gasteiger partial charge in [-0.25, -0.2) is 4.98 Å². The van der Waals surface area contributed by atoms with Gasteiger partial charge in [0.2, 0.25) is 0 Å². The maximum atomic E-state index is 6.79. The number of aromatic amines is 1. The summed E-state index contributed by atoms with van der Waals surface area (Å²) in [6.07, 6.45) is 6.12. The van der Waals surface area contributed by atoms with Crippen LogP contribution in [0.5, 0.6) is 0 Å². The van der Waals surface area contributed by atoms with Crippen molar-refractivity contribution in [3.8, 4) is 11.3 Å². The summed E-state index contributed by atoms with van der Waals surface area (Å²) in [7, 11) is 0. The summed E-state index contributed by atoms with van der Waals surface area (Å²) in [5.41, 5.74) is 5.34. The highest BCUT2D eigenvalue weighted by Crippen LogP contribution is 2.46. The topological polar surface area (TPSA) is 58.5 Å². The summed E-state index contributed by atoms with van der Waals surface area (Å²) in [6.45, 7) is 5.10. The molecule has 3 aromatic rings. The van der Waals surface area contributed by atoms with Crippen molar-refractivity contribution in [2.75, 3.05) is 13.1 Å². The van der Waals surface area contributed by atoms with Crippen molar-refractivity contribution in [3.63, 3.8) is 0 Å². The lowest BCUT2D eigenvalue weighted by molar-refractivity contribution is 0.467. The van der Waals surface area contributed by atoms with Crippen molar-refractivity contribution >= 4 is 22.6 Å². The Bertz CT molecular complexity index is 917. The maximum absolute atomic E-state index is 6.79. The minimum atomic E-state index is 0.171. The molecule has 1 unspecified atom stereocenters. The average molecular weight is 328 g/mol. The quantitative estimate of drug-likeness (QED) is 0.722. The number of fused-ring (bicyclic) bond motifs is 3. The van der Waals surface area contributed by atoms with Gasteiger partial charge in [-0.3, -0.25) is 4.68 Å². The number of aryl methyl sites for hydroxylation is 2. The summed E-state index contributed by atoms with van der Waals surface area (Å²) in [6, 6.07) is 2.14. The van der Waals surface area contributed by atoms with Crippen LogP contribution in [0.4, 0.5) is 0 Å². The lowest BCUT2D eigenvalue weighted by atomic mass is 9.82. The van der Waals surface area contributed by atoms with E-state index in [1.54, 1.807) is 0 Å². The molecular weight excluding hydrogens is 310 g/mol. The molecule has 5 heterocycles. The Labute approximate surface area is 139 Å². The third kappa shape index (κ3) is 1.78. The van der Waals surface area contributed by atoms with Crippen LogP contribution in [0.25, 0.3) is 22.3 Å². The second kappa shape index (κ2) is 4.58. The fourth-order valence-corrected chi connectivity index (χ4v) is 4.60. The van der Waals surface area contributed by atoms with Gasteiger partial charge in [0, 0.05) is 41.8 Å². The number of aromatic nitrogens is 4. The van der Waals surface area contributed by atoms with Gasteiger partial charge in [-0.1, -0.05) is 11.6 Å². The normalized spacial score (nSPS) is 23.2. The van der Waals surface area contributed by atoms with E-state index in [9.17, 15) is 0 Å². The second-order valence-electron chi connectivity index (χ2n) is 6.78. The summed E-state index contributed by atoms with van der Waals surface area (Å²) in [5.74, 6) is 0. The maximum Gasteiger partial charge on any atom is 0.137 e. The van der Waals surface area contributed by atoms with Gasteiger partial charge in [0.05, 0.1) is 10.7 Å². The molecule has 0 radical (unpaired) electrons. The zero-order chi connectivity index (χ0) is 15.6. The van der Waals surface area contributed by atoms with Crippen molar-refractivity contribution in [2.24, 2.45) is 0 Å². The van der Waals surface area contributed by atoms with Crippen LogP contribution < -0.4 is 5.32 Å². The highest BCUT2D eigenvalue weighted by Gasteiger charge is 2.45. The number of nitrogens with one attached hydrogen (secondary N) is 2. The van der Waals surface area contributed by atoms with Crippen LogP contribution in [-0.4, -0.2) is 32.8 Å². The van der Waals surface area contributed by atoms with E-state index in [2.05, 4.69) is 33.0 Å². The number of hydrogen-bond donors (Lipinski definition) is 2. The van der Waals surface area contributed by atoms with E-state index in [1.807, 2.05) is 12.4 Å². The Hall–Kier alpha value is -1.85. The lowest BCUT2D eigenvalue weighted by Gasteiger charge is -2.21. The van der Waals surface area contributed by atoms with Crippen molar-refractivity contribution in [1.29, 1.82) is 0 Å². The monoisotopic (exact) mass is 327 g/mol. The second-order valence-corrected chi connectivity index (χ2v) is 7.16. The predicted molar refractivity (Wildman–Crippen MR) is 90.8 cm³/mol. The Morgan fingerprint density at radius 1 is 1.35 bits per heavy atom. The van der Waals surface area contributed by atoms with Crippen molar-refractivity contribution < 1.29 is 0 Å². The molecular formula is C17H18ClN5. The fraction of sp³-hybridized carbons (Fsp3) is 0.412. The number of rotatable bonds is 1. The predicted octanol–water partition coefficient (Wildman–Crippen LogP) is 3.02. The molecule has 0 bridgehead atoms. The first-order valence-corrected chi connectivity index (χ1v) is 8.47. The van der Waals surface area contributed by atoms with E-state index >= 15 is 0 Å². The molecule has 0 saturated carbocycles. The molecule has 23 heavy (non-hydrogen) atoms.